The van der Waals surface area contributed by atoms with Crippen molar-refractivity contribution in [3.8, 4) is 11.4 Å². The highest BCUT2D eigenvalue weighted by Gasteiger charge is 2.18. The molecule has 2 aromatic carbocycles. The number of aromatic nitrogens is 3. The van der Waals surface area contributed by atoms with Gasteiger partial charge in [-0.3, -0.25) is 4.79 Å². The van der Waals surface area contributed by atoms with Crippen LogP contribution in [0.5, 0.6) is 0 Å². The van der Waals surface area contributed by atoms with E-state index in [2.05, 4.69) is 44.6 Å². The molecule has 0 amide bonds. The van der Waals surface area contributed by atoms with Gasteiger partial charge in [0, 0.05) is 38.3 Å². The second-order valence-electron chi connectivity index (χ2n) is 7.44. The van der Waals surface area contributed by atoms with Gasteiger partial charge in [0.25, 0.3) is 0 Å². The highest BCUT2D eigenvalue weighted by molar-refractivity contribution is 5.81. The monoisotopic (exact) mass is 377 g/mol. The number of nitrogens with one attached hydrogen (secondary N) is 1. The van der Waals surface area contributed by atoms with E-state index < -0.39 is 0 Å². The van der Waals surface area contributed by atoms with Crippen molar-refractivity contribution in [3.05, 3.63) is 60.2 Å². The third-order valence-electron chi connectivity index (χ3n) is 4.36. The highest BCUT2D eigenvalue weighted by Crippen LogP contribution is 2.20. The minimum Gasteiger partial charge on any atom is -0.378 e. The first-order valence-corrected chi connectivity index (χ1v) is 9.50. The molecule has 0 atom stereocenters. The third-order valence-corrected chi connectivity index (χ3v) is 4.36. The Kier molecular flexibility index (Phi) is 6.09. The summed E-state index contributed by atoms with van der Waals surface area (Å²) in [6, 6.07) is 18.0. The van der Waals surface area contributed by atoms with E-state index in [-0.39, 0.29) is 11.8 Å². The summed E-state index contributed by atoms with van der Waals surface area (Å²) in [6.07, 6.45) is 0.420. The number of rotatable bonds is 7. The molecule has 6 nitrogen and oxygen atoms in total. The van der Waals surface area contributed by atoms with Crippen LogP contribution >= 0.6 is 0 Å². The average Bonchev–Trinajstić information content (AvgIpc) is 3.11. The van der Waals surface area contributed by atoms with Gasteiger partial charge in [0.05, 0.1) is 0 Å². The van der Waals surface area contributed by atoms with E-state index in [1.54, 1.807) is 0 Å². The van der Waals surface area contributed by atoms with Crippen molar-refractivity contribution >= 4 is 17.5 Å². The van der Waals surface area contributed by atoms with Crippen molar-refractivity contribution in [1.82, 2.24) is 14.8 Å². The molecule has 0 saturated heterocycles. The molecule has 0 aliphatic heterocycles. The van der Waals surface area contributed by atoms with E-state index in [4.69, 9.17) is 0 Å². The smallest absolute Gasteiger partial charge is 0.250 e. The Morgan fingerprint density at radius 3 is 2.36 bits per heavy atom. The quantitative estimate of drug-likeness (QED) is 0.665. The normalized spacial score (nSPS) is 10.9. The van der Waals surface area contributed by atoms with Crippen molar-refractivity contribution in [2.24, 2.45) is 5.92 Å². The zero-order chi connectivity index (χ0) is 20.1. The minimum absolute atomic E-state index is 0.0601. The number of hydrogen-bond donors (Lipinski definition) is 1. The van der Waals surface area contributed by atoms with Gasteiger partial charge in [-0.1, -0.05) is 56.3 Å². The van der Waals surface area contributed by atoms with Gasteiger partial charge in [-0.2, -0.15) is 9.67 Å². The van der Waals surface area contributed by atoms with Crippen LogP contribution in [0.15, 0.2) is 54.6 Å². The van der Waals surface area contributed by atoms with Gasteiger partial charge in [0.1, 0.15) is 0 Å². The topological polar surface area (TPSA) is 63.1 Å². The van der Waals surface area contributed by atoms with Crippen LogP contribution in [0.3, 0.4) is 0 Å². The summed E-state index contributed by atoms with van der Waals surface area (Å²) < 4.78 is 1.40. The predicted octanol–water partition coefficient (Wildman–Crippen LogP) is 4.31. The lowest BCUT2D eigenvalue weighted by Crippen LogP contribution is -2.18. The fourth-order valence-corrected chi connectivity index (χ4v) is 2.84. The van der Waals surface area contributed by atoms with Crippen LogP contribution in [0.1, 0.15) is 30.6 Å². The first kappa shape index (κ1) is 19.6. The van der Waals surface area contributed by atoms with Crippen molar-refractivity contribution in [2.75, 3.05) is 24.3 Å². The zero-order valence-electron chi connectivity index (χ0n) is 16.9. The molecule has 0 aliphatic rings. The fraction of sp³-hybridized carbons (Fsp3) is 0.318. The molecule has 6 heteroatoms. The van der Waals surface area contributed by atoms with Gasteiger partial charge in [0.15, 0.2) is 5.82 Å². The number of carbonyl (C=O) groups is 1. The minimum atomic E-state index is -0.0601. The largest absolute Gasteiger partial charge is 0.378 e. The summed E-state index contributed by atoms with van der Waals surface area (Å²) in [5.74, 6) is 1.21. The van der Waals surface area contributed by atoms with E-state index in [1.165, 1.54) is 4.68 Å². The maximum atomic E-state index is 12.7. The van der Waals surface area contributed by atoms with Crippen molar-refractivity contribution in [2.45, 2.75) is 26.8 Å². The number of benzene rings is 2. The van der Waals surface area contributed by atoms with Crippen LogP contribution in [0.25, 0.3) is 11.4 Å². The Hall–Kier alpha value is -3.15. The fourth-order valence-electron chi connectivity index (χ4n) is 2.84. The summed E-state index contributed by atoms with van der Waals surface area (Å²) in [6.45, 7) is 4.61. The standard InChI is InChI=1S/C22H27N5O/c1-16(2)14-20(28)27-22(24-21(25-27)18-8-6-5-7-9-18)23-15-17-10-12-19(13-11-17)26(3)4/h5-13,16H,14-15H2,1-4H3,(H,23,24,25). The molecule has 0 radical (unpaired) electrons. The molecule has 0 unspecified atom stereocenters. The summed E-state index contributed by atoms with van der Waals surface area (Å²) in [7, 11) is 4.03. The van der Waals surface area contributed by atoms with Crippen LogP contribution in [0, 0.1) is 5.92 Å². The Balaban J connectivity index is 1.83. The van der Waals surface area contributed by atoms with E-state index in [0.717, 1.165) is 16.8 Å². The molecule has 3 rings (SSSR count). The van der Waals surface area contributed by atoms with E-state index >= 15 is 0 Å². The van der Waals surface area contributed by atoms with Crippen molar-refractivity contribution < 1.29 is 4.79 Å². The number of anilines is 2. The second-order valence-corrected chi connectivity index (χ2v) is 7.44. The summed E-state index contributed by atoms with van der Waals surface area (Å²) >= 11 is 0. The van der Waals surface area contributed by atoms with Crippen molar-refractivity contribution in [3.63, 3.8) is 0 Å². The lowest BCUT2D eigenvalue weighted by atomic mass is 10.1. The van der Waals surface area contributed by atoms with Gasteiger partial charge >= 0.3 is 0 Å². The molecule has 1 heterocycles. The molecule has 146 valence electrons. The Morgan fingerprint density at radius 1 is 1.07 bits per heavy atom. The van der Waals surface area contributed by atoms with E-state index in [0.29, 0.717) is 24.7 Å². The first-order chi connectivity index (χ1) is 13.4. The summed E-state index contributed by atoms with van der Waals surface area (Å²) in [4.78, 5) is 19.3. The van der Waals surface area contributed by atoms with Gasteiger partial charge in [-0.25, -0.2) is 0 Å². The van der Waals surface area contributed by atoms with Crippen molar-refractivity contribution in [1.29, 1.82) is 0 Å². The molecule has 0 spiro atoms. The maximum absolute atomic E-state index is 12.7. The molecule has 1 N–H and O–H groups in total. The molecule has 0 bridgehead atoms. The average molecular weight is 377 g/mol. The van der Waals surface area contributed by atoms with Crippen LogP contribution in [0.4, 0.5) is 11.6 Å². The Bertz CT molecular complexity index is 914. The van der Waals surface area contributed by atoms with Crippen LogP contribution in [0.2, 0.25) is 0 Å². The van der Waals surface area contributed by atoms with Gasteiger partial charge < -0.3 is 10.2 Å². The molecule has 3 aromatic rings. The van der Waals surface area contributed by atoms with E-state index in [1.807, 2.05) is 58.3 Å². The number of hydrogen-bond acceptors (Lipinski definition) is 5. The molecule has 0 fully saturated rings. The summed E-state index contributed by atoms with van der Waals surface area (Å²) in [5.41, 5.74) is 3.14. The Labute approximate surface area is 166 Å². The highest BCUT2D eigenvalue weighted by atomic mass is 16.2. The zero-order valence-corrected chi connectivity index (χ0v) is 16.9. The maximum Gasteiger partial charge on any atom is 0.250 e. The van der Waals surface area contributed by atoms with E-state index in [9.17, 15) is 4.79 Å². The van der Waals surface area contributed by atoms with Crippen LogP contribution < -0.4 is 10.2 Å². The second kappa shape index (κ2) is 8.69. The van der Waals surface area contributed by atoms with Crippen LogP contribution in [-0.4, -0.2) is 34.8 Å². The lowest BCUT2D eigenvalue weighted by molar-refractivity contribution is 0.0873. The molecule has 28 heavy (non-hydrogen) atoms. The van der Waals surface area contributed by atoms with Gasteiger partial charge in [-0.15, -0.1) is 5.10 Å². The molecular formula is C22H27N5O. The number of nitrogens with zero attached hydrogens (tertiary/aromatic N) is 4. The molecule has 0 saturated carbocycles. The van der Waals surface area contributed by atoms with Crippen LogP contribution in [-0.2, 0) is 6.54 Å². The Morgan fingerprint density at radius 2 is 1.75 bits per heavy atom. The van der Waals surface area contributed by atoms with Gasteiger partial charge in [-0.05, 0) is 23.6 Å². The third kappa shape index (κ3) is 4.76. The molecule has 1 aromatic heterocycles. The molecule has 0 aliphatic carbocycles. The summed E-state index contributed by atoms with van der Waals surface area (Å²) in [5, 5.41) is 7.75. The predicted molar refractivity (Wildman–Crippen MR) is 114 cm³/mol. The lowest BCUT2D eigenvalue weighted by Gasteiger charge is -2.13. The first-order valence-electron chi connectivity index (χ1n) is 9.50. The van der Waals surface area contributed by atoms with Gasteiger partial charge in [0.2, 0.25) is 11.9 Å². The number of carbonyl (C=O) groups excluding carboxylic acids is 1. The SMILES string of the molecule is CC(C)CC(=O)n1nc(-c2ccccc2)nc1NCc1ccc(N(C)C)cc1. The molecular weight excluding hydrogens is 350 g/mol.